The molecule has 1 N–H and O–H groups in total. The Bertz CT molecular complexity index is 396. The van der Waals surface area contributed by atoms with E-state index in [-0.39, 0.29) is 0 Å². The van der Waals surface area contributed by atoms with Crippen LogP contribution in [0.15, 0.2) is 12.3 Å². The number of likely N-dealkylation sites (tertiary alicyclic amines) is 1. The van der Waals surface area contributed by atoms with Gasteiger partial charge in [-0.3, -0.25) is 9.80 Å². The van der Waals surface area contributed by atoms with Crippen LogP contribution >= 0.6 is 0 Å². The fourth-order valence-corrected chi connectivity index (χ4v) is 2.77. The van der Waals surface area contributed by atoms with E-state index in [2.05, 4.69) is 25.1 Å². The molecule has 5 heteroatoms. The summed E-state index contributed by atoms with van der Waals surface area (Å²) in [6, 6.07) is 2.78. The van der Waals surface area contributed by atoms with Crippen LogP contribution in [0.3, 0.4) is 0 Å². The first-order valence-electron chi connectivity index (χ1n) is 6.77. The number of aromatic nitrogens is 2. The Hall–Kier alpha value is -1.04. The summed E-state index contributed by atoms with van der Waals surface area (Å²) in [7, 11) is 0. The molecule has 2 aliphatic heterocycles. The molecule has 2 fully saturated rings. The summed E-state index contributed by atoms with van der Waals surface area (Å²) in [5.74, 6) is 0.867. The maximum atomic E-state index is 4.46. The molecule has 0 unspecified atom stereocenters. The van der Waals surface area contributed by atoms with Crippen LogP contribution < -0.4 is 5.32 Å². The van der Waals surface area contributed by atoms with E-state index < -0.39 is 0 Å². The molecule has 0 spiro atoms. The van der Waals surface area contributed by atoms with Crippen LogP contribution in [0.4, 0.5) is 0 Å². The molecule has 0 atom stereocenters. The van der Waals surface area contributed by atoms with Crippen molar-refractivity contribution >= 4 is 0 Å². The molecule has 0 amide bonds. The lowest BCUT2D eigenvalue weighted by Gasteiger charge is -2.46. The summed E-state index contributed by atoms with van der Waals surface area (Å²) in [6.45, 7) is 9.96. The first-order valence-corrected chi connectivity index (χ1v) is 6.77. The Morgan fingerprint density at radius 1 is 1.33 bits per heavy atom. The first kappa shape index (κ1) is 12.0. The predicted octanol–water partition coefficient (Wildman–Crippen LogP) is -0.126. The Morgan fingerprint density at radius 3 is 2.83 bits per heavy atom. The molecule has 3 heterocycles. The summed E-state index contributed by atoms with van der Waals surface area (Å²) >= 11 is 0. The van der Waals surface area contributed by atoms with Crippen LogP contribution in [-0.4, -0.2) is 65.1 Å². The minimum absolute atomic E-state index is 0.759. The largest absolute Gasteiger partial charge is 0.314 e. The molecular weight excluding hydrogens is 226 g/mol. The highest BCUT2D eigenvalue weighted by molar-refractivity contribution is 5.03. The van der Waals surface area contributed by atoms with Crippen LogP contribution in [-0.2, 0) is 6.54 Å². The molecule has 0 radical (unpaired) electrons. The van der Waals surface area contributed by atoms with Crippen molar-refractivity contribution in [2.75, 3.05) is 39.3 Å². The van der Waals surface area contributed by atoms with Crippen LogP contribution in [0, 0.1) is 6.92 Å². The fraction of sp³-hybridized carbons (Fsp3) is 0.692. The first-order chi connectivity index (χ1) is 8.81. The topological polar surface area (TPSA) is 44.3 Å². The van der Waals surface area contributed by atoms with Gasteiger partial charge in [0.25, 0.3) is 0 Å². The Balaban J connectivity index is 1.47. The molecule has 0 aliphatic carbocycles. The number of hydrogen-bond donors (Lipinski definition) is 1. The maximum Gasteiger partial charge on any atom is 0.125 e. The van der Waals surface area contributed by atoms with Gasteiger partial charge in [-0.05, 0) is 13.0 Å². The van der Waals surface area contributed by atoms with Crippen molar-refractivity contribution in [3.63, 3.8) is 0 Å². The summed E-state index contributed by atoms with van der Waals surface area (Å²) < 4.78 is 0. The number of piperazine rings is 1. The van der Waals surface area contributed by atoms with E-state index in [4.69, 9.17) is 0 Å². The van der Waals surface area contributed by atoms with Gasteiger partial charge in [0.15, 0.2) is 0 Å². The van der Waals surface area contributed by atoms with E-state index in [1.807, 2.05) is 19.2 Å². The number of nitrogens with zero attached hydrogens (tertiary/aromatic N) is 4. The lowest BCUT2D eigenvalue weighted by molar-refractivity contribution is 0.0215. The molecule has 98 valence electrons. The maximum absolute atomic E-state index is 4.46. The lowest BCUT2D eigenvalue weighted by Crippen LogP contribution is -2.62. The van der Waals surface area contributed by atoms with Crippen LogP contribution in [0.25, 0.3) is 0 Å². The van der Waals surface area contributed by atoms with Gasteiger partial charge in [-0.25, -0.2) is 9.97 Å². The second-order valence-electron chi connectivity index (χ2n) is 5.23. The van der Waals surface area contributed by atoms with Gasteiger partial charge in [0.05, 0.1) is 5.69 Å². The summed E-state index contributed by atoms with van der Waals surface area (Å²) in [5.41, 5.74) is 1.14. The highest BCUT2D eigenvalue weighted by Crippen LogP contribution is 2.17. The quantitative estimate of drug-likeness (QED) is 0.806. The molecule has 2 saturated heterocycles. The number of rotatable bonds is 3. The average Bonchev–Trinajstić information content (AvgIpc) is 2.34. The van der Waals surface area contributed by atoms with Crippen molar-refractivity contribution in [1.29, 1.82) is 0 Å². The van der Waals surface area contributed by atoms with Gasteiger partial charge in [-0.2, -0.15) is 0 Å². The zero-order chi connectivity index (χ0) is 12.4. The number of nitrogens with one attached hydrogen (secondary N) is 1. The Kier molecular flexibility index (Phi) is 3.54. The van der Waals surface area contributed by atoms with Gasteiger partial charge in [0.2, 0.25) is 0 Å². The van der Waals surface area contributed by atoms with E-state index in [0.29, 0.717) is 0 Å². The third-order valence-corrected chi connectivity index (χ3v) is 3.83. The number of hydrogen-bond acceptors (Lipinski definition) is 5. The summed E-state index contributed by atoms with van der Waals surface area (Å²) in [5, 5.41) is 3.40. The van der Waals surface area contributed by atoms with Gasteiger partial charge in [0.1, 0.15) is 5.82 Å². The van der Waals surface area contributed by atoms with E-state index >= 15 is 0 Å². The second-order valence-corrected chi connectivity index (χ2v) is 5.23. The fourth-order valence-electron chi connectivity index (χ4n) is 2.77. The average molecular weight is 247 g/mol. The van der Waals surface area contributed by atoms with E-state index in [9.17, 15) is 0 Å². The normalized spacial score (nSPS) is 22.9. The molecule has 0 saturated carbocycles. The SMILES string of the molecule is Cc1nccc(CN2CC(N3CCNCC3)C2)n1. The number of aryl methyl sites for hydroxylation is 1. The molecule has 0 bridgehead atoms. The third-order valence-electron chi connectivity index (χ3n) is 3.83. The van der Waals surface area contributed by atoms with Crippen molar-refractivity contribution in [1.82, 2.24) is 25.1 Å². The summed E-state index contributed by atoms with van der Waals surface area (Å²) in [4.78, 5) is 13.7. The molecule has 2 aliphatic rings. The third kappa shape index (κ3) is 2.68. The van der Waals surface area contributed by atoms with Crippen molar-refractivity contribution in [2.24, 2.45) is 0 Å². The zero-order valence-corrected chi connectivity index (χ0v) is 11.0. The molecule has 3 rings (SSSR count). The van der Waals surface area contributed by atoms with Gasteiger partial charge < -0.3 is 5.32 Å². The van der Waals surface area contributed by atoms with Crippen molar-refractivity contribution in [2.45, 2.75) is 19.5 Å². The molecule has 0 aromatic carbocycles. The highest BCUT2D eigenvalue weighted by atomic mass is 15.3. The zero-order valence-electron chi connectivity index (χ0n) is 11.0. The van der Waals surface area contributed by atoms with Crippen molar-refractivity contribution < 1.29 is 0 Å². The van der Waals surface area contributed by atoms with E-state index in [1.54, 1.807) is 0 Å². The van der Waals surface area contributed by atoms with Crippen molar-refractivity contribution in [3.05, 3.63) is 23.8 Å². The molecular formula is C13H21N5. The smallest absolute Gasteiger partial charge is 0.125 e. The second kappa shape index (κ2) is 5.30. The molecule has 5 nitrogen and oxygen atoms in total. The van der Waals surface area contributed by atoms with Gasteiger partial charge in [0, 0.05) is 58.1 Å². The monoisotopic (exact) mass is 247 g/mol. The van der Waals surface area contributed by atoms with Crippen LogP contribution in [0.2, 0.25) is 0 Å². The summed E-state index contributed by atoms with van der Waals surface area (Å²) in [6.07, 6.45) is 1.85. The van der Waals surface area contributed by atoms with Gasteiger partial charge in [-0.1, -0.05) is 0 Å². The predicted molar refractivity (Wildman–Crippen MR) is 70.3 cm³/mol. The van der Waals surface area contributed by atoms with E-state index in [0.717, 1.165) is 37.2 Å². The Labute approximate surface area is 108 Å². The lowest BCUT2D eigenvalue weighted by atomic mass is 10.1. The van der Waals surface area contributed by atoms with Gasteiger partial charge >= 0.3 is 0 Å². The standard InChI is InChI=1S/C13H21N5/c1-11-15-3-2-12(16-11)8-17-9-13(10-17)18-6-4-14-5-7-18/h2-3,13-14H,4-10H2,1H3. The highest BCUT2D eigenvalue weighted by Gasteiger charge is 2.32. The molecule has 1 aromatic rings. The molecule has 18 heavy (non-hydrogen) atoms. The van der Waals surface area contributed by atoms with Gasteiger partial charge in [-0.15, -0.1) is 0 Å². The minimum Gasteiger partial charge on any atom is -0.314 e. The van der Waals surface area contributed by atoms with Crippen LogP contribution in [0.1, 0.15) is 11.5 Å². The van der Waals surface area contributed by atoms with E-state index in [1.165, 1.54) is 26.2 Å². The van der Waals surface area contributed by atoms with Crippen molar-refractivity contribution in [3.8, 4) is 0 Å². The Morgan fingerprint density at radius 2 is 2.11 bits per heavy atom. The minimum atomic E-state index is 0.759. The van der Waals surface area contributed by atoms with Crippen LogP contribution in [0.5, 0.6) is 0 Å². The molecule has 1 aromatic heterocycles.